The van der Waals surface area contributed by atoms with E-state index in [2.05, 4.69) is 9.88 Å². The largest absolute Gasteiger partial charge is 0.381 e. The highest BCUT2D eigenvalue weighted by molar-refractivity contribution is 5.94. The van der Waals surface area contributed by atoms with E-state index in [1.807, 2.05) is 29.8 Å². The summed E-state index contributed by atoms with van der Waals surface area (Å²) in [5, 5.41) is 0. The predicted molar refractivity (Wildman–Crippen MR) is 101 cm³/mol. The number of likely N-dealkylation sites (tertiary alicyclic amines) is 1. The smallest absolute Gasteiger partial charge is 0.320 e. The standard InChI is InChI=1S/C20H28N4O3/c1-15-13-16(3-8-21-15)18(25)23-9-4-17(5-10-23)24-19(26)22(2)14-20(24)6-11-27-12-7-20/h3,8,13,17H,4-7,9-12,14H2,1-2H3. The Kier molecular flexibility index (Phi) is 4.80. The van der Waals surface area contributed by atoms with Gasteiger partial charge in [-0.2, -0.15) is 0 Å². The second-order valence-electron chi connectivity index (χ2n) is 8.05. The van der Waals surface area contributed by atoms with Crippen molar-refractivity contribution in [2.45, 2.75) is 44.2 Å². The fourth-order valence-corrected chi connectivity index (χ4v) is 4.85. The van der Waals surface area contributed by atoms with Gasteiger partial charge in [0.2, 0.25) is 0 Å². The fourth-order valence-electron chi connectivity index (χ4n) is 4.85. The van der Waals surface area contributed by atoms with Gasteiger partial charge in [0.15, 0.2) is 0 Å². The number of hydrogen-bond donors (Lipinski definition) is 0. The SMILES string of the molecule is Cc1cc(C(=O)N2CCC(N3C(=O)N(C)CC34CCOCC4)CC2)ccn1. The Labute approximate surface area is 160 Å². The number of carbonyl (C=O) groups excluding carboxylic acids is 2. The molecule has 0 aliphatic carbocycles. The third-order valence-electron chi connectivity index (χ3n) is 6.26. The average Bonchev–Trinajstić information content (AvgIpc) is 2.91. The van der Waals surface area contributed by atoms with Crippen molar-refractivity contribution >= 4 is 11.9 Å². The van der Waals surface area contributed by atoms with Gasteiger partial charge in [0.05, 0.1) is 5.54 Å². The lowest BCUT2D eigenvalue weighted by molar-refractivity contribution is -0.0151. The van der Waals surface area contributed by atoms with Crippen molar-refractivity contribution in [1.29, 1.82) is 0 Å². The van der Waals surface area contributed by atoms with E-state index in [0.29, 0.717) is 18.7 Å². The minimum Gasteiger partial charge on any atom is -0.381 e. The Balaban J connectivity index is 1.45. The van der Waals surface area contributed by atoms with Gasteiger partial charge in [-0.1, -0.05) is 0 Å². The van der Waals surface area contributed by atoms with Crippen LogP contribution in [0.25, 0.3) is 0 Å². The van der Waals surface area contributed by atoms with E-state index in [1.54, 1.807) is 12.3 Å². The topological polar surface area (TPSA) is 66.0 Å². The first kappa shape index (κ1) is 18.2. The number of hydrogen-bond acceptors (Lipinski definition) is 4. The minimum absolute atomic E-state index is 0.0598. The summed E-state index contributed by atoms with van der Waals surface area (Å²) < 4.78 is 5.56. The molecule has 3 amide bonds. The second kappa shape index (κ2) is 7.11. The molecule has 0 atom stereocenters. The van der Waals surface area contributed by atoms with E-state index in [9.17, 15) is 9.59 Å². The number of nitrogens with zero attached hydrogens (tertiary/aromatic N) is 4. The van der Waals surface area contributed by atoms with Crippen LogP contribution in [-0.4, -0.2) is 83.1 Å². The average molecular weight is 372 g/mol. The molecule has 3 saturated heterocycles. The molecule has 3 fully saturated rings. The molecule has 146 valence electrons. The number of carbonyl (C=O) groups is 2. The molecule has 0 radical (unpaired) electrons. The molecule has 1 spiro atoms. The van der Waals surface area contributed by atoms with Crippen LogP contribution in [0.1, 0.15) is 41.7 Å². The summed E-state index contributed by atoms with van der Waals surface area (Å²) in [6.07, 6.45) is 5.15. The van der Waals surface area contributed by atoms with E-state index in [1.165, 1.54) is 0 Å². The lowest BCUT2D eigenvalue weighted by atomic mass is 9.86. The molecule has 4 heterocycles. The highest BCUT2D eigenvalue weighted by Gasteiger charge is 2.52. The molecule has 0 N–H and O–H groups in total. The number of aromatic nitrogens is 1. The first-order valence-electron chi connectivity index (χ1n) is 9.84. The monoisotopic (exact) mass is 372 g/mol. The minimum atomic E-state index is -0.0941. The number of amides is 3. The van der Waals surface area contributed by atoms with Crippen molar-refractivity contribution in [2.24, 2.45) is 0 Å². The normalized spacial score (nSPS) is 23.3. The Morgan fingerprint density at radius 3 is 2.63 bits per heavy atom. The number of piperidine rings is 1. The van der Waals surface area contributed by atoms with Gasteiger partial charge in [-0.15, -0.1) is 0 Å². The van der Waals surface area contributed by atoms with Crippen LogP contribution in [0, 0.1) is 6.92 Å². The van der Waals surface area contributed by atoms with Gasteiger partial charge >= 0.3 is 6.03 Å². The number of pyridine rings is 1. The molecule has 1 aromatic rings. The van der Waals surface area contributed by atoms with Crippen molar-refractivity contribution in [1.82, 2.24) is 19.7 Å². The maximum atomic E-state index is 12.9. The molecule has 0 aromatic carbocycles. The lowest BCUT2D eigenvalue weighted by Crippen LogP contribution is -2.57. The van der Waals surface area contributed by atoms with Crippen LogP contribution in [0.4, 0.5) is 4.79 Å². The van der Waals surface area contributed by atoms with E-state index >= 15 is 0 Å². The highest BCUT2D eigenvalue weighted by atomic mass is 16.5. The van der Waals surface area contributed by atoms with Crippen molar-refractivity contribution in [2.75, 3.05) is 39.9 Å². The molecule has 7 heteroatoms. The van der Waals surface area contributed by atoms with Gasteiger partial charge in [0.25, 0.3) is 5.91 Å². The zero-order valence-corrected chi connectivity index (χ0v) is 16.2. The zero-order chi connectivity index (χ0) is 19.0. The molecular formula is C20H28N4O3. The molecule has 7 nitrogen and oxygen atoms in total. The summed E-state index contributed by atoms with van der Waals surface area (Å²) in [6, 6.07) is 3.94. The summed E-state index contributed by atoms with van der Waals surface area (Å²) in [5.41, 5.74) is 1.45. The van der Waals surface area contributed by atoms with Gasteiger partial charge in [-0.25, -0.2) is 4.79 Å². The van der Waals surface area contributed by atoms with Gasteiger partial charge in [0, 0.05) is 63.4 Å². The number of aryl methyl sites for hydroxylation is 1. The van der Waals surface area contributed by atoms with Crippen molar-refractivity contribution in [3.05, 3.63) is 29.6 Å². The summed E-state index contributed by atoms with van der Waals surface area (Å²) in [5.74, 6) is 0.0598. The summed E-state index contributed by atoms with van der Waals surface area (Å²) in [4.78, 5) is 35.7. The highest BCUT2D eigenvalue weighted by Crippen LogP contribution is 2.38. The van der Waals surface area contributed by atoms with Gasteiger partial charge < -0.3 is 19.4 Å². The van der Waals surface area contributed by atoms with E-state index < -0.39 is 0 Å². The van der Waals surface area contributed by atoms with E-state index in [0.717, 1.165) is 51.1 Å². The molecular weight excluding hydrogens is 344 g/mol. The maximum Gasteiger partial charge on any atom is 0.320 e. The van der Waals surface area contributed by atoms with Crippen LogP contribution in [-0.2, 0) is 4.74 Å². The lowest BCUT2D eigenvalue weighted by Gasteiger charge is -2.46. The Bertz CT molecular complexity index is 724. The van der Waals surface area contributed by atoms with Crippen LogP contribution in [0.5, 0.6) is 0 Å². The molecule has 0 unspecified atom stereocenters. The molecule has 4 rings (SSSR count). The fraction of sp³-hybridized carbons (Fsp3) is 0.650. The predicted octanol–water partition coefficient (Wildman–Crippen LogP) is 1.91. The summed E-state index contributed by atoms with van der Waals surface area (Å²) in [6.45, 7) is 5.49. The molecule has 27 heavy (non-hydrogen) atoms. The van der Waals surface area contributed by atoms with Crippen LogP contribution in [0.3, 0.4) is 0 Å². The molecule has 3 aliphatic rings. The third-order valence-corrected chi connectivity index (χ3v) is 6.26. The van der Waals surface area contributed by atoms with Crippen molar-refractivity contribution in [3.63, 3.8) is 0 Å². The molecule has 3 aliphatic heterocycles. The van der Waals surface area contributed by atoms with Gasteiger partial charge in [0.1, 0.15) is 0 Å². The quantitative estimate of drug-likeness (QED) is 0.795. The second-order valence-corrected chi connectivity index (χ2v) is 8.05. The molecule has 0 bridgehead atoms. The Morgan fingerprint density at radius 2 is 1.96 bits per heavy atom. The summed E-state index contributed by atoms with van der Waals surface area (Å²) >= 11 is 0. The van der Waals surface area contributed by atoms with Crippen molar-refractivity contribution < 1.29 is 14.3 Å². The first-order chi connectivity index (χ1) is 13.0. The Morgan fingerprint density at radius 1 is 1.26 bits per heavy atom. The van der Waals surface area contributed by atoms with Crippen LogP contribution in [0.15, 0.2) is 18.3 Å². The van der Waals surface area contributed by atoms with Crippen molar-refractivity contribution in [3.8, 4) is 0 Å². The number of ether oxygens (including phenoxy) is 1. The van der Waals surface area contributed by atoms with E-state index in [4.69, 9.17) is 4.74 Å². The molecule has 1 aromatic heterocycles. The first-order valence-corrected chi connectivity index (χ1v) is 9.84. The van der Waals surface area contributed by atoms with Crippen LogP contribution < -0.4 is 0 Å². The summed E-state index contributed by atoms with van der Waals surface area (Å²) in [7, 11) is 1.89. The molecule has 0 saturated carbocycles. The number of likely N-dealkylation sites (N-methyl/N-ethyl adjacent to an activating group) is 1. The van der Waals surface area contributed by atoms with Gasteiger partial charge in [-0.3, -0.25) is 9.78 Å². The van der Waals surface area contributed by atoms with Crippen LogP contribution >= 0.6 is 0 Å². The third kappa shape index (κ3) is 3.29. The number of rotatable bonds is 2. The number of urea groups is 1. The van der Waals surface area contributed by atoms with E-state index in [-0.39, 0.29) is 23.5 Å². The van der Waals surface area contributed by atoms with Crippen LogP contribution in [0.2, 0.25) is 0 Å². The van der Waals surface area contributed by atoms with Gasteiger partial charge in [-0.05, 0) is 44.7 Å². The Hall–Kier alpha value is -2.15. The maximum absolute atomic E-state index is 12.9. The zero-order valence-electron chi connectivity index (χ0n) is 16.2.